The van der Waals surface area contributed by atoms with E-state index in [0.717, 1.165) is 22.2 Å². The number of esters is 1. The number of fused-ring (bicyclic) bond motifs is 3. The number of para-hydroxylation sites is 1. The van der Waals surface area contributed by atoms with Crippen molar-refractivity contribution in [2.75, 3.05) is 13.0 Å². The number of carbonyl (C=O) groups excluding carboxylic acids is 3. The highest BCUT2D eigenvalue weighted by Gasteiger charge is 2.43. The van der Waals surface area contributed by atoms with Crippen LogP contribution < -0.4 is 5.32 Å². The first kappa shape index (κ1) is 27.2. The number of alkyl halides is 1. The van der Waals surface area contributed by atoms with Crippen molar-refractivity contribution in [2.24, 2.45) is 5.41 Å². The number of nitrogens with zero attached hydrogens (tertiary/aromatic N) is 1. The maximum absolute atomic E-state index is 13.1. The molecular weight excluding hydrogens is 510 g/mol. The van der Waals surface area contributed by atoms with E-state index >= 15 is 0 Å². The molecule has 1 aliphatic heterocycles. The second-order valence-electron chi connectivity index (χ2n) is 10.4. The summed E-state index contributed by atoms with van der Waals surface area (Å²) < 4.78 is 5.05. The van der Waals surface area contributed by atoms with E-state index in [2.05, 4.69) is 10.3 Å². The molecule has 0 saturated heterocycles. The predicted molar refractivity (Wildman–Crippen MR) is 142 cm³/mol. The molecule has 1 aliphatic rings. The summed E-state index contributed by atoms with van der Waals surface area (Å²) >= 11 is 5.98. The van der Waals surface area contributed by atoms with Gasteiger partial charge in [-0.1, -0.05) is 51.1 Å². The highest BCUT2D eigenvalue weighted by Crippen LogP contribution is 2.41. The van der Waals surface area contributed by atoms with Crippen molar-refractivity contribution in [3.05, 3.63) is 70.9 Å². The number of halogens is 1. The number of methoxy groups -OCH3 is 1. The van der Waals surface area contributed by atoms with E-state index in [1.807, 2.05) is 24.3 Å². The van der Waals surface area contributed by atoms with Gasteiger partial charge in [-0.3, -0.25) is 9.59 Å². The summed E-state index contributed by atoms with van der Waals surface area (Å²) in [5.41, 5.74) is 2.73. The van der Waals surface area contributed by atoms with Gasteiger partial charge in [0, 0.05) is 28.6 Å². The molecule has 0 saturated carbocycles. The van der Waals surface area contributed by atoms with Gasteiger partial charge in [-0.15, -0.1) is 11.6 Å². The molecule has 38 heavy (non-hydrogen) atoms. The standard InChI is InChI=1S/C28H30ClN3O6/c1-28(2,3)24(26(35)36)31-25(34)16-11-9-15(10-12-16)23-22-18(17-7-5-6-8-19(17)30-22)13-20(27(37)38-4)32(23)21(33)14-29/h5-12,20,23-24,30H,13-14H2,1-4H3,(H,31,34)(H,35,36)/t20-,23+,24-/m1/s1. The molecular formula is C28H30ClN3O6. The van der Waals surface area contributed by atoms with Gasteiger partial charge in [-0.2, -0.15) is 0 Å². The van der Waals surface area contributed by atoms with Crippen LogP contribution in [0.25, 0.3) is 10.9 Å². The van der Waals surface area contributed by atoms with Gasteiger partial charge in [0.2, 0.25) is 5.91 Å². The lowest BCUT2D eigenvalue weighted by Crippen LogP contribution is -2.52. The Kier molecular flexibility index (Phi) is 7.51. The normalized spacial score (nSPS) is 18.0. The minimum absolute atomic E-state index is 0.259. The van der Waals surface area contributed by atoms with E-state index in [1.165, 1.54) is 12.0 Å². The van der Waals surface area contributed by atoms with Gasteiger partial charge in [-0.25, -0.2) is 9.59 Å². The number of nitrogens with one attached hydrogen (secondary N) is 2. The molecule has 3 aromatic rings. The second kappa shape index (κ2) is 10.5. The van der Waals surface area contributed by atoms with Crippen molar-refractivity contribution in [1.82, 2.24) is 15.2 Å². The fourth-order valence-corrected chi connectivity index (χ4v) is 5.15. The first-order chi connectivity index (χ1) is 18.0. The van der Waals surface area contributed by atoms with Crippen molar-refractivity contribution in [3.63, 3.8) is 0 Å². The summed E-state index contributed by atoms with van der Waals surface area (Å²) in [6.45, 7) is 5.20. The molecule has 3 N–H and O–H groups in total. The van der Waals surface area contributed by atoms with Gasteiger partial charge in [-0.05, 0) is 34.7 Å². The number of rotatable bonds is 6. The first-order valence-corrected chi connectivity index (χ1v) is 12.7. The van der Waals surface area contributed by atoms with E-state index in [-0.39, 0.29) is 17.9 Å². The maximum atomic E-state index is 13.1. The van der Waals surface area contributed by atoms with Crippen LogP contribution in [0.15, 0.2) is 48.5 Å². The highest BCUT2D eigenvalue weighted by molar-refractivity contribution is 6.27. The number of aromatic amines is 1. The topological polar surface area (TPSA) is 129 Å². The number of benzene rings is 2. The molecule has 0 aliphatic carbocycles. The summed E-state index contributed by atoms with van der Waals surface area (Å²) in [6, 6.07) is 11.5. The third-order valence-electron chi connectivity index (χ3n) is 6.88. The molecule has 0 fully saturated rings. The predicted octanol–water partition coefficient (Wildman–Crippen LogP) is 3.65. The Morgan fingerprint density at radius 3 is 2.37 bits per heavy atom. The van der Waals surface area contributed by atoms with Crippen molar-refractivity contribution in [1.29, 1.82) is 0 Å². The summed E-state index contributed by atoms with van der Waals surface area (Å²) in [5, 5.41) is 13.1. The lowest BCUT2D eigenvalue weighted by Gasteiger charge is -2.40. The molecule has 0 spiro atoms. The van der Waals surface area contributed by atoms with Gasteiger partial charge in [0.1, 0.15) is 18.0 Å². The van der Waals surface area contributed by atoms with Crippen LogP contribution in [-0.2, 0) is 25.5 Å². The number of hydrogen-bond donors (Lipinski definition) is 3. The average Bonchev–Trinajstić information content (AvgIpc) is 3.27. The molecule has 2 amide bonds. The zero-order valence-electron chi connectivity index (χ0n) is 21.6. The number of carboxylic acids is 1. The largest absolute Gasteiger partial charge is 0.480 e. The van der Waals surface area contributed by atoms with E-state index in [0.29, 0.717) is 5.56 Å². The Morgan fingerprint density at radius 1 is 1.13 bits per heavy atom. The lowest BCUT2D eigenvalue weighted by molar-refractivity contribution is -0.154. The Labute approximate surface area is 225 Å². The average molecular weight is 540 g/mol. The Balaban J connectivity index is 1.78. The van der Waals surface area contributed by atoms with Crippen LogP contribution >= 0.6 is 11.6 Å². The molecule has 0 radical (unpaired) electrons. The molecule has 10 heteroatoms. The summed E-state index contributed by atoms with van der Waals surface area (Å²) in [4.78, 5) is 55.4. The number of carboxylic acid groups (broad SMARTS) is 1. The van der Waals surface area contributed by atoms with E-state index < -0.39 is 47.3 Å². The zero-order chi connectivity index (χ0) is 27.8. The fourth-order valence-electron chi connectivity index (χ4n) is 5.01. The number of H-pyrrole nitrogens is 1. The molecule has 0 unspecified atom stereocenters. The lowest BCUT2D eigenvalue weighted by atomic mass is 9.86. The molecule has 200 valence electrons. The van der Waals surface area contributed by atoms with Crippen molar-refractivity contribution < 1.29 is 29.0 Å². The van der Waals surface area contributed by atoms with E-state index in [4.69, 9.17) is 16.3 Å². The van der Waals surface area contributed by atoms with Gasteiger partial charge in [0.15, 0.2) is 0 Å². The van der Waals surface area contributed by atoms with Crippen LogP contribution in [0.1, 0.15) is 54.0 Å². The van der Waals surface area contributed by atoms with Gasteiger partial charge in [0.05, 0.1) is 13.2 Å². The number of aromatic nitrogens is 1. The quantitative estimate of drug-likeness (QED) is 0.324. The molecule has 0 bridgehead atoms. The number of aliphatic carboxylic acids is 1. The van der Waals surface area contributed by atoms with Crippen molar-refractivity contribution >= 4 is 46.3 Å². The SMILES string of the molecule is COC(=O)[C@H]1Cc2c([nH]c3ccccc23)[C@H](c2ccc(C(=O)N[C@H](C(=O)O)C(C)(C)C)cc2)N1C(=O)CCl. The number of amides is 2. The Morgan fingerprint density at radius 2 is 1.79 bits per heavy atom. The van der Waals surface area contributed by atoms with Gasteiger partial charge >= 0.3 is 11.9 Å². The Hall–Kier alpha value is -3.85. The van der Waals surface area contributed by atoms with Crippen LogP contribution in [-0.4, -0.2) is 63.8 Å². The van der Waals surface area contributed by atoms with Crippen LogP contribution in [0.5, 0.6) is 0 Å². The van der Waals surface area contributed by atoms with Crippen LogP contribution in [0.4, 0.5) is 0 Å². The molecule has 4 rings (SSSR count). The van der Waals surface area contributed by atoms with Crippen LogP contribution in [0.3, 0.4) is 0 Å². The third-order valence-corrected chi connectivity index (χ3v) is 7.11. The summed E-state index contributed by atoms with van der Waals surface area (Å²) in [7, 11) is 1.28. The van der Waals surface area contributed by atoms with E-state index in [1.54, 1.807) is 45.0 Å². The monoisotopic (exact) mass is 539 g/mol. The van der Waals surface area contributed by atoms with Crippen molar-refractivity contribution in [2.45, 2.75) is 45.3 Å². The van der Waals surface area contributed by atoms with Gasteiger partial charge in [0.25, 0.3) is 5.91 Å². The smallest absolute Gasteiger partial charge is 0.328 e. The second-order valence-corrected chi connectivity index (χ2v) is 10.6. The molecule has 1 aromatic heterocycles. The summed E-state index contributed by atoms with van der Waals surface area (Å²) in [5.74, 6) is -2.98. The molecule has 3 atom stereocenters. The fraction of sp³-hybridized carbons (Fsp3) is 0.357. The third kappa shape index (κ3) is 4.98. The van der Waals surface area contributed by atoms with Crippen LogP contribution in [0, 0.1) is 5.41 Å². The minimum atomic E-state index is -1.12. The number of hydrogen-bond acceptors (Lipinski definition) is 5. The first-order valence-electron chi connectivity index (χ1n) is 12.2. The minimum Gasteiger partial charge on any atom is -0.480 e. The Bertz CT molecular complexity index is 1390. The molecule has 2 aromatic carbocycles. The molecule has 2 heterocycles. The summed E-state index contributed by atoms with van der Waals surface area (Å²) in [6.07, 6.45) is 0.259. The van der Waals surface area contributed by atoms with Crippen LogP contribution in [0.2, 0.25) is 0 Å². The maximum Gasteiger partial charge on any atom is 0.328 e. The van der Waals surface area contributed by atoms with E-state index in [9.17, 15) is 24.3 Å². The van der Waals surface area contributed by atoms with Crippen molar-refractivity contribution in [3.8, 4) is 0 Å². The zero-order valence-corrected chi connectivity index (χ0v) is 22.3. The molecule has 9 nitrogen and oxygen atoms in total. The number of carbonyl (C=O) groups is 4. The van der Waals surface area contributed by atoms with Gasteiger partial charge < -0.3 is 25.0 Å². The number of ether oxygens (including phenoxy) is 1. The highest BCUT2D eigenvalue weighted by atomic mass is 35.5.